The summed E-state index contributed by atoms with van der Waals surface area (Å²) >= 11 is 17.0. The third kappa shape index (κ3) is 4.69. The molecule has 0 aliphatic heterocycles. The van der Waals surface area contributed by atoms with Crippen LogP contribution >= 0.6 is 34.8 Å². The second kappa shape index (κ2) is 6.73. The number of alkyl halides is 3. The van der Waals surface area contributed by atoms with Crippen molar-refractivity contribution in [3.05, 3.63) is 35.4 Å². The predicted molar refractivity (Wildman–Crippen MR) is 65.8 cm³/mol. The van der Waals surface area contributed by atoms with Crippen molar-refractivity contribution in [3.8, 4) is 0 Å². The lowest BCUT2D eigenvalue weighted by Crippen LogP contribution is -2.02. The highest BCUT2D eigenvalue weighted by Crippen LogP contribution is 2.10. The summed E-state index contributed by atoms with van der Waals surface area (Å²) in [7, 11) is 0.617. The Bertz CT molecular complexity index is 259. The van der Waals surface area contributed by atoms with Gasteiger partial charge < -0.3 is 0 Å². The molecule has 2 radical (unpaired) electrons. The van der Waals surface area contributed by atoms with Gasteiger partial charge in [0.05, 0.1) is 14.0 Å². The Morgan fingerprint density at radius 1 is 1.07 bits per heavy atom. The molecule has 0 saturated carbocycles. The highest BCUT2D eigenvalue weighted by molar-refractivity contribution is 6.68. The van der Waals surface area contributed by atoms with Gasteiger partial charge in [-0.15, -0.1) is 34.8 Å². The maximum Gasteiger partial charge on any atom is 0.0929 e. The standard InChI is InChI=1S/C10H11Cl3Si/c11-7-9-3-1-8(2-4-9)5-6-14-10(12)13/h1-4,10H,5-7H2. The Labute approximate surface area is 102 Å². The van der Waals surface area contributed by atoms with Crippen LogP contribution in [0.3, 0.4) is 0 Å². The zero-order chi connectivity index (χ0) is 10.4. The molecule has 0 saturated heterocycles. The van der Waals surface area contributed by atoms with Crippen molar-refractivity contribution < 1.29 is 0 Å². The van der Waals surface area contributed by atoms with Crippen molar-refractivity contribution in [2.24, 2.45) is 0 Å². The van der Waals surface area contributed by atoms with E-state index in [1.54, 1.807) is 0 Å². The minimum absolute atomic E-state index is 0.211. The second-order valence-electron chi connectivity index (χ2n) is 2.95. The van der Waals surface area contributed by atoms with Gasteiger partial charge in [0.1, 0.15) is 0 Å². The molecule has 0 aliphatic rings. The third-order valence-corrected chi connectivity index (χ3v) is 3.97. The van der Waals surface area contributed by atoms with E-state index in [4.69, 9.17) is 34.8 Å². The van der Waals surface area contributed by atoms with Gasteiger partial charge in [0.15, 0.2) is 0 Å². The molecule has 0 atom stereocenters. The Kier molecular flexibility index (Phi) is 5.95. The molecule has 0 aromatic heterocycles. The molecule has 76 valence electrons. The molecule has 1 aromatic rings. The highest BCUT2D eigenvalue weighted by atomic mass is 35.5. The quantitative estimate of drug-likeness (QED) is 0.560. The van der Waals surface area contributed by atoms with Crippen molar-refractivity contribution >= 4 is 44.3 Å². The molecule has 14 heavy (non-hydrogen) atoms. The molecule has 0 amide bonds. The molecule has 0 N–H and O–H groups in total. The molecule has 0 unspecified atom stereocenters. The summed E-state index contributed by atoms with van der Waals surface area (Å²) in [5.41, 5.74) is 2.48. The predicted octanol–water partition coefficient (Wildman–Crippen LogP) is 3.85. The van der Waals surface area contributed by atoms with E-state index in [0.717, 1.165) is 18.0 Å². The van der Waals surface area contributed by atoms with Crippen molar-refractivity contribution in [2.75, 3.05) is 0 Å². The third-order valence-electron chi connectivity index (χ3n) is 1.89. The van der Waals surface area contributed by atoms with E-state index in [-0.39, 0.29) is 4.46 Å². The summed E-state index contributed by atoms with van der Waals surface area (Å²) in [6.07, 6.45) is 1.04. The van der Waals surface area contributed by atoms with Crippen LogP contribution in [-0.4, -0.2) is 14.0 Å². The SMILES string of the molecule is ClCc1ccc(CC[Si]C(Cl)Cl)cc1. The summed E-state index contributed by atoms with van der Waals surface area (Å²) in [5, 5.41) is 0. The zero-order valence-electron chi connectivity index (χ0n) is 7.64. The van der Waals surface area contributed by atoms with Gasteiger partial charge in [-0.3, -0.25) is 0 Å². The Hall–Kier alpha value is 0.307. The van der Waals surface area contributed by atoms with Crippen molar-refractivity contribution in [3.63, 3.8) is 0 Å². The number of aryl methyl sites for hydroxylation is 1. The number of rotatable bonds is 5. The van der Waals surface area contributed by atoms with E-state index in [2.05, 4.69) is 24.3 Å². The monoisotopic (exact) mass is 264 g/mol. The largest absolute Gasteiger partial charge is 0.122 e. The van der Waals surface area contributed by atoms with Crippen LogP contribution in [0.4, 0.5) is 0 Å². The summed E-state index contributed by atoms with van der Waals surface area (Å²) in [4.78, 5) is 0. The normalized spacial score (nSPS) is 10.9. The van der Waals surface area contributed by atoms with Crippen LogP contribution in [0.1, 0.15) is 11.1 Å². The number of hydrogen-bond donors (Lipinski definition) is 0. The fraction of sp³-hybridized carbons (Fsp3) is 0.400. The average Bonchev–Trinajstić information content (AvgIpc) is 2.18. The van der Waals surface area contributed by atoms with Gasteiger partial charge in [-0.1, -0.05) is 30.3 Å². The molecular weight excluding hydrogens is 255 g/mol. The van der Waals surface area contributed by atoms with Crippen LogP contribution in [0, 0.1) is 0 Å². The van der Waals surface area contributed by atoms with Crippen molar-refractivity contribution in [1.82, 2.24) is 0 Å². The highest BCUT2D eigenvalue weighted by Gasteiger charge is 2.00. The number of benzene rings is 1. The fourth-order valence-corrected chi connectivity index (χ4v) is 2.60. The second-order valence-corrected chi connectivity index (χ2v) is 6.54. The van der Waals surface area contributed by atoms with E-state index in [9.17, 15) is 0 Å². The topological polar surface area (TPSA) is 0 Å². The number of halogens is 3. The lowest BCUT2D eigenvalue weighted by Gasteiger charge is -2.02. The van der Waals surface area contributed by atoms with Gasteiger partial charge in [0, 0.05) is 5.88 Å². The molecule has 1 aromatic carbocycles. The molecule has 0 spiro atoms. The van der Waals surface area contributed by atoms with Gasteiger partial charge in [0.2, 0.25) is 0 Å². The molecule has 0 aliphatic carbocycles. The first-order valence-corrected chi connectivity index (χ1v) is 7.07. The first-order chi connectivity index (χ1) is 6.72. The molecule has 1 rings (SSSR count). The summed E-state index contributed by atoms with van der Waals surface area (Å²) in [6, 6.07) is 9.39. The molecule has 0 heterocycles. The summed E-state index contributed by atoms with van der Waals surface area (Å²) in [6.45, 7) is 0. The Morgan fingerprint density at radius 3 is 2.14 bits per heavy atom. The maximum absolute atomic E-state index is 5.69. The smallest absolute Gasteiger partial charge is 0.0929 e. The minimum Gasteiger partial charge on any atom is -0.122 e. The average molecular weight is 266 g/mol. The van der Waals surface area contributed by atoms with Gasteiger partial charge in [-0.2, -0.15) is 0 Å². The molecule has 0 nitrogen and oxygen atoms in total. The molecule has 0 fully saturated rings. The van der Waals surface area contributed by atoms with Crippen molar-refractivity contribution in [1.29, 1.82) is 0 Å². The first kappa shape index (κ1) is 12.4. The van der Waals surface area contributed by atoms with Crippen LogP contribution in [0.5, 0.6) is 0 Å². The zero-order valence-corrected chi connectivity index (χ0v) is 10.9. The van der Waals surface area contributed by atoms with Crippen LogP contribution in [0.2, 0.25) is 6.04 Å². The number of hydrogen-bond acceptors (Lipinski definition) is 0. The van der Waals surface area contributed by atoms with Gasteiger partial charge >= 0.3 is 0 Å². The summed E-state index contributed by atoms with van der Waals surface area (Å²) < 4.78 is -0.211. The van der Waals surface area contributed by atoms with Crippen LogP contribution < -0.4 is 0 Å². The van der Waals surface area contributed by atoms with Crippen LogP contribution in [0.15, 0.2) is 24.3 Å². The van der Waals surface area contributed by atoms with E-state index >= 15 is 0 Å². The van der Waals surface area contributed by atoms with E-state index < -0.39 is 0 Å². The first-order valence-electron chi connectivity index (χ1n) is 4.37. The lowest BCUT2D eigenvalue weighted by molar-refractivity contribution is 1.12. The maximum atomic E-state index is 5.69. The molecular formula is C10H11Cl3Si. The van der Waals surface area contributed by atoms with E-state index in [0.29, 0.717) is 15.4 Å². The Balaban J connectivity index is 2.36. The lowest BCUT2D eigenvalue weighted by atomic mass is 10.1. The van der Waals surface area contributed by atoms with Gasteiger partial charge in [0.25, 0.3) is 0 Å². The van der Waals surface area contributed by atoms with Crippen molar-refractivity contribution in [2.45, 2.75) is 22.8 Å². The van der Waals surface area contributed by atoms with Gasteiger partial charge in [-0.05, 0) is 17.5 Å². The van der Waals surface area contributed by atoms with Gasteiger partial charge in [-0.25, -0.2) is 0 Å². The van der Waals surface area contributed by atoms with E-state index in [1.165, 1.54) is 5.56 Å². The van der Waals surface area contributed by atoms with E-state index in [1.807, 2.05) is 0 Å². The summed E-state index contributed by atoms with van der Waals surface area (Å²) in [5.74, 6) is 0.577. The fourth-order valence-electron chi connectivity index (χ4n) is 1.12. The van der Waals surface area contributed by atoms with Crippen LogP contribution in [-0.2, 0) is 12.3 Å². The molecule has 0 bridgehead atoms. The van der Waals surface area contributed by atoms with Crippen LogP contribution in [0.25, 0.3) is 0 Å². The molecule has 4 heteroatoms. The minimum atomic E-state index is -0.211. The Morgan fingerprint density at radius 2 is 1.64 bits per heavy atom.